The first-order valence-corrected chi connectivity index (χ1v) is 7.26. The molecule has 0 aliphatic carbocycles. The summed E-state index contributed by atoms with van der Waals surface area (Å²) < 4.78 is 0. The van der Waals surface area contributed by atoms with Crippen LogP contribution in [0.2, 0.25) is 0 Å². The molecule has 0 aromatic rings. The van der Waals surface area contributed by atoms with Crippen LogP contribution in [0.3, 0.4) is 0 Å². The highest BCUT2D eigenvalue weighted by Crippen LogP contribution is 2.34. The highest BCUT2D eigenvalue weighted by molar-refractivity contribution is 5.78. The van der Waals surface area contributed by atoms with E-state index < -0.39 is 0 Å². The van der Waals surface area contributed by atoms with Crippen molar-refractivity contribution in [2.45, 2.75) is 54.0 Å². The van der Waals surface area contributed by atoms with E-state index in [1.165, 1.54) is 0 Å². The number of nitrogens with zero attached hydrogens (tertiary/aromatic N) is 1. The molecular formula is C15H30N2O. The third-order valence-electron chi connectivity index (χ3n) is 4.13. The molecule has 0 aromatic heterocycles. The number of likely N-dealkylation sites (tertiary alicyclic amines) is 1. The van der Waals surface area contributed by atoms with Gasteiger partial charge in [0.2, 0.25) is 5.91 Å². The summed E-state index contributed by atoms with van der Waals surface area (Å²) in [6.45, 7) is 16.0. The standard InChI is InChI=1S/C15H30N2O/c1-7-16-13(11(2)3)10-17-9-12(8-14(17)18)15(4,5)6/h11-13,16H,7-10H2,1-6H3. The Morgan fingerprint density at radius 1 is 1.39 bits per heavy atom. The number of hydrogen-bond acceptors (Lipinski definition) is 2. The summed E-state index contributed by atoms with van der Waals surface area (Å²) in [5.74, 6) is 1.39. The van der Waals surface area contributed by atoms with Gasteiger partial charge in [-0.3, -0.25) is 4.79 Å². The molecule has 1 fully saturated rings. The van der Waals surface area contributed by atoms with Gasteiger partial charge in [-0.15, -0.1) is 0 Å². The van der Waals surface area contributed by atoms with Crippen LogP contribution >= 0.6 is 0 Å². The monoisotopic (exact) mass is 254 g/mol. The second kappa shape index (κ2) is 6.05. The Labute approximate surface area is 112 Å². The van der Waals surface area contributed by atoms with Crippen molar-refractivity contribution in [2.24, 2.45) is 17.3 Å². The van der Waals surface area contributed by atoms with E-state index in [0.29, 0.717) is 23.8 Å². The van der Waals surface area contributed by atoms with Crippen LogP contribution in [0.1, 0.15) is 48.0 Å². The molecule has 1 saturated heterocycles. The first-order chi connectivity index (χ1) is 8.25. The zero-order valence-electron chi connectivity index (χ0n) is 12.9. The molecule has 3 nitrogen and oxygen atoms in total. The molecule has 0 saturated carbocycles. The molecule has 0 spiro atoms. The van der Waals surface area contributed by atoms with Crippen molar-refractivity contribution >= 4 is 5.91 Å². The van der Waals surface area contributed by atoms with Gasteiger partial charge in [0.05, 0.1) is 0 Å². The van der Waals surface area contributed by atoms with Gasteiger partial charge < -0.3 is 10.2 Å². The Morgan fingerprint density at radius 3 is 2.39 bits per heavy atom. The molecule has 3 heteroatoms. The fourth-order valence-corrected chi connectivity index (χ4v) is 2.54. The van der Waals surface area contributed by atoms with E-state index in [2.05, 4.69) is 51.8 Å². The van der Waals surface area contributed by atoms with Crippen molar-refractivity contribution in [1.29, 1.82) is 0 Å². The van der Waals surface area contributed by atoms with Gasteiger partial charge in [0.15, 0.2) is 0 Å². The van der Waals surface area contributed by atoms with E-state index in [1.807, 2.05) is 0 Å². The van der Waals surface area contributed by atoms with Crippen molar-refractivity contribution in [2.75, 3.05) is 19.6 Å². The number of rotatable bonds is 5. The normalized spacial score (nSPS) is 22.9. The number of carbonyl (C=O) groups excluding carboxylic acids is 1. The van der Waals surface area contributed by atoms with Crippen LogP contribution in [0.15, 0.2) is 0 Å². The summed E-state index contributed by atoms with van der Waals surface area (Å²) in [6, 6.07) is 0.415. The minimum atomic E-state index is 0.232. The van der Waals surface area contributed by atoms with Crippen LogP contribution in [0.4, 0.5) is 0 Å². The van der Waals surface area contributed by atoms with E-state index in [9.17, 15) is 4.79 Å². The first kappa shape index (κ1) is 15.5. The lowest BCUT2D eigenvalue weighted by atomic mass is 9.80. The predicted octanol–water partition coefficient (Wildman–Crippen LogP) is 2.52. The second-order valence-corrected chi connectivity index (χ2v) is 6.97. The third kappa shape index (κ3) is 3.98. The van der Waals surface area contributed by atoms with Crippen molar-refractivity contribution in [3.8, 4) is 0 Å². The van der Waals surface area contributed by atoms with E-state index in [1.54, 1.807) is 0 Å². The third-order valence-corrected chi connectivity index (χ3v) is 4.13. The topological polar surface area (TPSA) is 32.3 Å². The molecule has 1 rings (SSSR count). The summed E-state index contributed by atoms with van der Waals surface area (Å²) in [4.78, 5) is 14.2. The Morgan fingerprint density at radius 2 is 2.00 bits per heavy atom. The Hall–Kier alpha value is -0.570. The number of amides is 1. The van der Waals surface area contributed by atoms with Crippen LogP contribution in [0.25, 0.3) is 0 Å². The van der Waals surface area contributed by atoms with Crippen molar-refractivity contribution in [3.05, 3.63) is 0 Å². The Bertz CT molecular complexity index is 281. The van der Waals surface area contributed by atoms with Crippen molar-refractivity contribution < 1.29 is 4.79 Å². The molecule has 0 aromatic carbocycles. The fourth-order valence-electron chi connectivity index (χ4n) is 2.54. The predicted molar refractivity (Wildman–Crippen MR) is 76.4 cm³/mol. The number of nitrogens with one attached hydrogen (secondary N) is 1. The molecule has 0 radical (unpaired) electrons. The first-order valence-electron chi connectivity index (χ1n) is 7.26. The minimum Gasteiger partial charge on any atom is -0.341 e. The smallest absolute Gasteiger partial charge is 0.222 e. The van der Waals surface area contributed by atoms with Crippen molar-refractivity contribution in [1.82, 2.24) is 10.2 Å². The van der Waals surface area contributed by atoms with Gasteiger partial charge in [0.1, 0.15) is 0 Å². The Kier molecular flexibility index (Phi) is 5.20. The van der Waals surface area contributed by atoms with E-state index in [0.717, 1.165) is 26.1 Å². The van der Waals surface area contributed by atoms with Crippen LogP contribution in [-0.4, -0.2) is 36.5 Å². The minimum absolute atomic E-state index is 0.232. The Balaban J connectivity index is 2.60. The summed E-state index contributed by atoms with van der Waals surface area (Å²) in [5.41, 5.74) is 0.232. The highest BCUT2D eigenvalue weighted by Gasteiger charge is 2.37. The lowest BCUT2D eigenvalue weighted by molar-refractivity contribution is -0.128. The molecule has 1 aliphatic heterocycles. The number of hydrogen-bond donors (Lipinski definition) is 1. The molecule has 106 valence electrons. The maximum atomic E-state index is 12.1. The van der Waals surface area contributed by atoms with E-state index >= 15 is 0 Å². The fraction of sp³-hybridized carbons (Fsp3) is 0.933. The average molecular weight is 254 g/mol. The molecule has 18 heavy (non-hydrogen) atoms. The van der Waals surface area contributed by atoms with Crippen LogP contribution in [0.5, 0.6) is 0 Å². The largest absolute Gasteiger partial charge is 0.341 e. The van der Waals surface area contributed by atoms with Crippen molar-refractivity contribution in [3.63, 3.8) is 0 Å². The number of carbonyl (C=O) groups is 1. The molecule has 2 atom stereocenters. The molecule has 1 N–H and O–H groups in total. The molecule has 2 unspecified atom stereocenters. The van der Waals surface area contributed by atoms with E-state index in [-0.39, 0.29) is 5.41 Å². The molecule has 1 heterocycles. The van der Waals surface area contributed by atoms with Crippen LogP contribution in [-0.2, 0) is 4.79 Å². The van der Waals surface area contributed by atoms with Gasteiger partial charge in [0.25, 0.3) is 0 Å². The molecule has 1 amide bonds. The maximum Gasteiger partial charge on any atom is 0.222 e. The SMILES string of the molecule is CCNC(CN1CC(C(C)(C)C)CC1=O)C(C)C. The van der Waals surface area contributed by atoms with Gasteiger partial charge in [-0.05, 0) is 23.8 Å². The highest BCUT2D eigenvalue weighted by atomic mass is 16.2. The van der Waals surface area contributed by atoms with Gasteiger partial charge in [0, 0.05) is 25.6 Å². The summed E-state index contributed by atoms with van der Waals surface area (Å²) in [6.07, 6.45) is 0.723. The average Bonchev–Trinajstić information content (AvgIpc) is 2.59. The lowest BCUT2D eigenvalue weighted by Gasteiger charge is -2.29. The lowest BCUT2D eigenvalue weighted by Crippen LogP contribution is -2.45. The second-order valence-electron chi connectivity index (χ2n) is 6.97. The van der Waals surface area contributed by atoms with Gasteiger partial charge in [-0.1, -0.05) is 41.5 Å². The molecule has 1 aliphatic rings. The zero-order valence-corrected chi connectivity index (χ0v) is 12.9. The molecule has 0 bridgehead atoms. The van der Waals surface area contributed by atoms with Crippen LogP contribution in [0, 0.1) is 17.3 Å². The van der Waals surface area contributed by atoms with Crippen LogP contribution < -0.4 is 5.32 Å². The van der Waals surface area contributed by atoms with Gasteiger partial charge in [-0.2, -0.15) is 0 Å². The maximum absolute atomic E-state index is 12.1. The number of likely N-dealkylation sites (N-methyl/N-ethyl adjacent to an activating group) is 1. The quantitative estimate of drug-likeness (QED) is 0.817. The molecular weight excluding hydrogens is 224 g/mol. The summed E-state index contributed by atoms with van der Waals surface area (Å²) in [7, 11) is 0. The van der Waals surface area contributed by atoms with Gasteiger partial charge >= 0.3 is 0 Å². The zero-order chi connectivity index (χ0) is 13.9. The summed E-state index contributed by atoms with van der Waals surface area (Å²) >= 11 is 0. The summed E-state index contributed by atoms with van der Waals surface area (Å²) in [5, 5.41) is 3.49. The van der Waals surface area contributed by atoms with Gasteiger partial charge in [-0.25, -0.2) is 0 Å². The van der Waals surface area contributed by atoms with E-state index in [4.69, 9.17) is 0 Å².